The number of methoxy groups -OCH3 is 1. The van der Waals surface area contributed by atoms with Gasteiger partial charge >= 0.3 is 6.18 Å². The summed E-state index contributed by atoms with van der Waals surface area (Å²) >= 11 is 0. The van der Waals surface area contributed by atoms with Crippen LogP contribution in [0.2, 0.25) is 0 Å². The molecule has 1 atom stereocenters. The summed E-state index contributed by atoms with van der Waals surface area (Å²) in [5, 5.41) is 5.63. The van der Waals surface area contributed by atoms with Crippen LogP contribution in [0.4, 0.5) is 13.2 Å². The second kappa shape index (κ2) is 8.71. The van der Waals surface area contributed by atoms with Crippen molar-refractivity contribution in [3.05, 3.63) is 77.2 Å². The van der Waals surface area contributed by atoms with E-state index in [1.807, 2.05) is 12.3 Å². The predicted molar refractivity (Wildman–Crippen MR) is 130 cm³/mol. The second-order valence-electron chi connectivity index (χ2n) is 8.23. The van der Waals surface area contributed by atoms with Crippen LogP contribution >= 0.6 is 0 Å². The minimum Gasteiger partial charge on any atom is -0.497 e. The van der Waals surface area contributed by atoms with Crippen molar-refractivity contribution >= 4 is 21.9 Å². The molecular weight excluding hydrogens is 473 g/mol. The van der Waals surface area contributed by atoms with Gasteiger partial charge in [0.25, 0.3) is 5.56 Å². The van der Waals surface area contributed by atoms with E-state index in [-0.39, 0.29) is 17.3 Å². The van der Waals surface area contributed by atoms with Gasteiger partial charge in [0.1, 0.15) is 5.75 Å². The molecule has 0 aliphatic carbocycles. The summed E-state index contributed by atoms with van der Waals surface area (Å²) in [5.41, 5.74) is 1.52. The number of pyridine rings is 2. The van der Waals surface area contributed by atoms with E-state index >= 15 is 0 Å². The van der Waals surface area contributed by atoms with Crippen LogP contribution in [0.3, 0.4) is 0 Å². The molecule has 0 N–H and O–H groups in total. The first-order valence-corrected chi connectivity index (χ1v) is 10.8. The first kappa shape index (κ1) is 19.9. The summed E-state index contributed by atoms with van der Waals surface area (Å²) in [6.07, 6.45) is -4.91. The van der Waals surface area contributed by atoms with Gasteiger partial charge in [0.05, 0.1) is 22.4 Å². The lowest BCUT2D eigenvalue weighted by molar-refractivity contribution is -0.189. The molecule has 36 heavy (non-hydrogen) atoms. The number of halogens is 3. The lowest BCUT2D eigenvalue weighted by Crippen LogP contribution is -2.31. The Balaban J connectivity index is 1.70. The first-order chi connectivity index (χ1) is 18.3. The highest BCUT2D eigenvalue weighted by atomic mass is 19.4. The van der Waals surface area contributed by atoms with Crippen LogP contribution in [0.15, 0.2) is 71.7 Å². The third-order valence-electron chi connectivity index (χ3n) is 5.73. The molecule has 7 nitrogen and oxygen atoms in total. The molecule has 0 saturated carbocycles. The molecule has 3 heterocycles. The number of aromatic nitrogens is 4. The zero-order chi connectivity index (χ0) is 28.1. The summed E-state index contributed by atoms with van der Waals surface area (Å²) in [6, 6.07) is 15.5. The Morgan fingerprint density at radius 1 is 1.03 bits per heavy atom. The lowest BCUT2D eigenvalue weighted by Gasteiger charge is -2.18. The molecule has 0 aliphatic rings. The molecule has 3 aromatic heterocycles. The summed E-state index contributed by atoms with van der Waals surface area (Å²) < 4.78 is 74.0. The Morgan fingerprint density at radius 2 is 1.81 bits per heavy atom. The average Bonchev–Trinajstić information content (AvgIpc) is 3.22. The summed E-state index contributed by atoms with van der Waals surface area (Å²) in [6.45, 7) is 0.861. The number of ether oxygens (including phenoxy) is 2. The normalized spacial score (nSPS) is 14.3. The quantitative estimate of drug-likeness (QED) is 0.331. The Kier molecular flexibility index (Phi) is 4.82. The number of fused-ring (bicyclic) bond motifs is 2. The predicted octanol–water partition coefficient (Wildman–Crippen LogP) is 5.28. The molecule has 2 aromatic carbocycles. The number of nitrogens with zero attached hydrogens (tertiary/aromatic N) is 4. The van der Waals surface area contributed by atoms with E-state index in [0.717, 1.165) is 17.8 Å². The van der Waals surface area contributed by atoms with Crippen LogP contribution in [0.1, 0.15) is 11.0 Å². The van der Waals surface area contributed by atoms with Crippen LogP contribution in [0, 0.1) is 0 Å². The molecule has 0 spiro atoms. The molecule has 0 radical (unpaired) electrons. The number of hydrogen-bond donors (Lipinski definition) is 0. The fraction of sp³-hybridized carbons (Fsp3) is 0.192. The van der Waals surface area contributed by atoms with E-state index in [4.69, 9.17) is 13.6 Å². The van der Waals surface area contributed by atoms with E-state index in [1.54, 1.807) is 29.9 Å². The molecule has 5 aromatic rings. The third kappa shape index (κ3) is 4.26. The van der Waals surface area contributed by atoms with Crippen LogP contribution in [0.25, 0.3) is 38.8 Å². The minimum absolute atomic E-state index is 0.0465. The van der Waals surface area contributed by atoms with E-state index < -0.39 is 24.9 Å². The van der Waals surface area contributed by atoms with Gasteiger partial charge in [-0.2, -0.15) is 23.3 Å². The highest BCUT2D eigenvalue weighted by Crippen LogP contribution is 2.29. The number of hydrogen-bond acceptors (Lipinski definition) is 5. The summed E-state index contributed by atoms with van der Waals surface area (Å²) in [7, 11) is -0.883. The topological polar surface area (TPSA) is 71.2 Å². The number of rotatable bonds is 5. The first-order valence-electron chi connectivity index (χ1n) is 12.3. The van der Waals surface area contributed by atoms with Gasteiger partial charge in [0.15, 0.2) is 11.8 Å². The van der Waals surface area contributed by atoms with Gasteiger partial charge < -0.3 is 9.47 Å². The maximum Gasteiger partial charge on any atom is 0.425 e. The molecule has 10 heteroatoms. The average molecular weight is 497 g/mol. The van der Waals surface area contributed by atoms with Crippen LogP contribution < -0.4 is 15.0 Å². The Bertz CT molecular complexity index is 1750. The van der Waals surface area contributed by atoms with Crippen LogP contribution in [0.5, 0.6) is 11.6 Å². The van der Waals surface area contributed by atoms with Gasteiger partial charge in [-0.05, 0) is 61.0 Å². The molecule has 5 rings (SSSR count). The van der Waals surface area contributed by atoms with Gasteiger partial charge in [-0.15, -0.1) is 0 Å². The van der Waals surface area contributed by atoms with E-state index in [2.05, 4.69) is 10.1 Å². The van der Waals surface area contributed by atoms with Crippen molar-refractivity contribution in [3.8, 4) is 28.4 Å². The van der Waals surface area contributed by atoms with Crippen molar-refractivity contribution in [2.24, 2.45) is 7.05 Å². The molecule has 0 amide bonds. The van der Waals surface area contributed by atoms with Gasteiger partial charge in [0.2, 0.25) is 5.88 Å². The fourth-order valence-corrected chi connectivity index (χ4v) is 3.91. The molecular formula is C26H21F3N4O3. The van der Waals surface area contributed by atoms with Crippen LogP contribution in [-0.2, 0) is 7.05 Å². The lowest BCUT2D eigenvalue weighted by atomic mass is 10.0. The second-order valence-corrected chi connectivity index (χ2v) is 8.23. The SMILES string of the molecule is [2H]C([2H])([2H])Oc1ccc(-n2c(=O)c(-c3ccc4nn(C)cc4c3)cc3ccc(O[C@H](C)C(F)(F)F)nc32)cc1. The summed E-state index contributed by atoms with van der Waals surface area (Å²) in [5.74, 6) is -0.266. The zero-order valence-corrected chi connectivity index (χ0v) is 19.1. The third-order valence-corrected chi connectivity index (χ3v) is 5.73. The van der Waals surface area contributed by atoms with Gasteiger partial charge in [0, 0.05) is 35.6 Å². The highest BCUT2D eigenvalue weighted by Gasteiger charge is 2.38. The van der Waals surface area contributed by atoms with Crippen molar-refractivity contribution in [1.82, 2.24) is 19.3 Å². The van der Waals surface area contributed by atoms with Gasteiger partial charge in [-0.1, -0.05) is 6.07 Å². The van der Waals surface area contributed by atoms with Crippen LogP contribution in [-0.4, -0.2) is 38.6 Å². The van der Waals surface area contributed by atoms with Crippen molar-refractivity contribution in [1.29, 1.82) is 0 Å². The fourth-order valence-electron chi connectivity index (χ4n) is 3.91. The molecule has 0 unspecified atom stereocenters. The highest BCUT2D eigenvalue weighted by molar-refractivity contribution is 5.88. The number of alkyl halides is 3. The zero-order valence-electron chi connectivity index (χ0n) is 22.1. The van der Waals surface area contributed by atoms with Crippen molar-refractivity contribution in [2.75, 3.05) is 7.04 Å². The Labute approximate surface area is 207 Å². The Morgan fingerprint density at radius 3 is 2.53 bits per heavy atom. The van der Waals surface area contributed by atoms with E-state index in [1.165, 1.54) is 41.0 Å². The maximum atomic E-state index is 13.9. The van der Waals surface area contributed by atoms with Gasteiger partial charge in [-0.25, -0.2) is 0 Å². The summed E-state index contributed by atoms with van der Waals surface area (Å²) in [4.78, 5) is 18.1. The maximum absolute atomic E-state index is 13.9. The molecule has 0 fully saturated rings. The molecule has 0 saturated heterocycles. The standard InChI is InChI=1S/C26H21F3N4O3/c1-15(26(27,28)29)36-23-11-5-17-13-21(16-4-10-22-18(12-16)14-32(2)31-22)25(34)33(24(17)30-23)19-6-8-20(35-3)9-7-19/h4-15H,1-3H3/t15-/m1/s1/i3D3. The Hall–Kier alpha value is -4.34. The van der Waals surface area contributed by atoms with E-state index in [9.17, 15) is 18.0 Å². The van der Waals surface area contributed by atoms with E-state index in [0.29, 0.717) is 22.2 Å². The van der Waals surface area contributed by atoms with Crippen molar-refractivity contribution < 1.29 is 26.8 Å². The van der Waals surface area contributed by atoms with Crippen molar-refractivity contribution in [2.45, 2.75) is 19.2 Å². The number of aryl methyl sites for hydroxylation is 1. The molecule has 0 bridgehead atoms. The molecule has 0 aliphatic heterocycles. The van der Waals surface area contributed by atoms with Gasteiger partial charge in [-0.3, -0.25) is 14.0 Å². The largest absolute Gasteiger partial charge is 0.497 e. The van der Waals surface area contributed by atoms with Crippen molar-refractivity contribution in [3.63, 3.8) is 0 Å². The smallest absolute Gasteiger partial charge is 0.425 e. The monoisotopic (exact) mass is 497 g/mol. The number of benzene rings is 2. The minimum atomic E-state index is -4.61. The molecule has 184 valence electrons.